The van der Waals surface area contributed by atoms with E-state index >= 15 is 0 Å². The fourth-order valence-electron chi connectivity index (χ4n) is 3.59. The molecule has 0 unspecified atom stereocenters. The monoisotopic (exact) mass is 441 g/mol. The third-order valence-electron chi connectivity index (χ3n) is 5.21. The molecule has 2 heterocycles. The van der Waals surface area contributed by atoms with Crippen LogP contribution >= 0.6 is 0 Å². The Bertz CT molecular complexity index is 1190. The minimum absolute atomic E-state index is 0.00828. The van der Waals surface area contributed by atoms with Crippen LogP contribution in [0.5, 0.6) is 0 Å². The van der Waals surface area contributed by atoms with Crippen LogP contribution < -0.4 is 5.32 Å². The largest absolute Gasteiger partial charge is 0.350 e. The molecule has 32 heavy (non-hydrogen) atoms. The molecule has 1 N–H and O–H groups in total. The lowest BCUT2D eigenvalue weighted by molar-refractivity contribution is -0.386. The average Bonchev–Trinajstić information content (AvgIpc) is 3.16. The number of nitrogens with one attached hydrogen (secondary N) is 1. The molecule has 168 valence electrons. The summed E-state index contributed by atoms with van der Waals surface area (Å²) in [5.74, 6) is -0.283. The molecule has 2 aromatic heterocycles. The van der Waals surface area contributed by atoms with Gasteiger partial charge in [-0.05, 0) is 45.4 Å². The van der Waals surface area contributed by atoms with E-state index in [4.69, 9.17) is 0 Å². The van der Waals surface area contributed by atoms with Gasteiger partial charge in [0.05, 0.1) is 22.9 Å². The van der Waals surface area contributed by atoms with E-state index in [9.17, 15) is 25.0 Å². The maximum absolute atomic E-state index is 12.4. The van der Waals surface area contributed by atoms with Crippen molar-refractivity contribution in [3.05, 3.63) is 78.4 Å². The summed E-state index contributed by atoms with van der Waals surface area (Å²) in [6, 6.07) is 6.86. The molecule has 0 aliphatic heterocycles. The van der Waals surface area contributed by atoms with Crippen LogP contribution in [-0.4, -0.2) is 41.9 Å². The minimum atomic E-state index is -0.460. The Morgan fingerprint density at radius 3 is 1.91 bits per heavy atom. The lowest BCUT2D eigenvalue weighted by Crippen LogP contribution is -2.27. The first-order chi connectivity index (χ1) is 15.1. The van der Waals surface area contributed by atoms with Crippen LogP contribution in [0.4, 0.5) is 11.4 Å². The normalized spacial score (nSPS) is 10.9. The lowest BCUT2D eigenvalue weighted by atomic mass is 10.1. The van der Waals surface area contributed by atoms with Crippen molar-refractivity contribution in [3.8, 4) is 0 Å². The maximum Gasteiger partial charge on any atom is 0.312 e. The summed E-state index contributed by atoms with van der Waals surface area (Å²) in [5, 5.41) is 33.4. The molecule has 12 nitrogen and oxygen atoms in total. The van der Waals surface area contributed by atoms with Gasteiger partial charge in [-0.2, -0.15) is 10.2 Å². The zero-order chi connectivity index (χ0) is 23.6. The lowest BCUT2D eigenvalue weighted by Gasteiger charge is -2.08. The first kappa shape index (κ1) is 22.6. The number of nitro groups is 2. The number of carbonyl (C=O) groups is 1. The van der Waals surface area contributed by atoms with Gasteiger partial charge in [-0.25, -0.2) is 0 Å². The van der Waals surface area contributed by atoms with Crippen molar-refractivity contribution in [2.75, 3.05) is 6.54 Å². The molecule has 3 rings (SSSR count). The van der Waals surface area contributed by atoms with Gasteiger partial charge in [-0.15, -0.1) is 0 Å². The van der Waals surface area contributed by atoms with Crippen LogP contribution in [0.1, 0.15) is 38.7 Å². The van der Waals surface area contributed by atoms with E-state index in [-0.39, 0.29) is 23.8 Å². The summed E-state index contributed by atoms with van der Waals surface area (Å²) in [5.41, 5.74) is 2.89. The number of hydrogen-bond donors (Lipinski definition) is 1. The van der Waals surface area contributed by atoms with Crippen molar-refractivity contribution >= 4 is 17.3 Å². The van der Waals surface area contributed by atoms with Crippen LogP contribution in [0.2, 0.25) is 0 Å². The minimum Gasteiger partial charge on any atom is -0.350 e. The van der Waals surface area contributed by atoms with E-state index in [1.54, 1.807) is 56.6 Å². The van der Waals surface area contributed by atoms with Crippen molar-refractivity contribution < 1.29 is 14.6 Å². The first-order valence-electron chi connectivity index (χ1n) is 9.84. The molecule has 3 aromatic rings. The fraction of sp³-hybridized carbons (Fsp3) is 0.350. The summed E-state index contributed by atoms with van der Waals surface area (Å²) in [6.07, 6.45) is 0. The van der Waals surface area contributed by atoms with Crippen LogP contribution in [0.3, 0.4) is 0 Å². The first-order valence-corrected chi connectivity index (χ1v) is 9.84. The zero-order valence-corrected chi connectivity index (χ0v) is 18.2. The van der Waals surface area contributed by atoms with E-state index in [1.165, 1.54) is 4.68 Å². The van der Waals surface area contributed by atoms with Gasteiger partial charge in [-0.1, -0.05) is 12.1 Å². The third kappa shape index (κ3) is 4.48. The number of carbonyl (C=O) groups excluding carboxylic acids is 1. The number of rotatable bonds is 8. The Morgan fingerprint density at radius 1 is 0.906 bits per heavy atom. The molecule has 0 aliphatic carbocycles. The highest BCUT2D eigenvalue weighted by atomic mass is 16.6. The molecule has 0 saturated heterocycles. The van der Waals surface area contributed by atoms with Gasteiger partial charge in [0.1, 0.15) is 22.8 Å². The van der Waals surface area contributed by atoms with Crippen molar-refractivity contribution in [1.29, 1.82) is 0 Å². The van der Waals surface area contributed by atoms with Crippen molar-refractivity contribution in [2.24, 2.45) is 0 Å². The van der Waals surface area contributed by atoms with E-state index in [0.29, 0.717) is 41.4 Å². The van der Waals surface area contributed by atoms with Crippen LogP contribution in [-0.2, 0) is 13.1 Å². The van der Waals surface area contributed by atoms with E-state index < -0.39 is 9.85 Å². The highest BCUT2D eigenvalue weighted by molar-refractivity contribution is 5.94. The number of aromatic nitrogens is 4. The Hall–Kier alpha value is -4.09. The molecule has 0 bridgehead atoms. The van der Waals surface area contributed by atoms with Gasteiger partial charge in [0.25, 0.3) is 5.91 Å². The van der Waals surface area contributed by atoms with Gasteiger partial charge in [0.15, 0.2) is 0 Å². The van der Waals surface area contributed by atoms with Crippen molar-refractivity contribution in [3.63, 3.8) is 0 Å². The van der Waals surface area contributed by atoms with E-state index in [0.717, 1.165) is 5.56 Å². The number of hydrogen-bond acceptors (Lipinski definition) is 7. The SMILES string of the molecule is Cc1nn(CCNC(=O)c2ccc(Cn3nc(C)c([N+](=O)[O-])c3C)cc2)c(C)c1[N+](=O)[O-]. The molecule has 1 amide bonds. The third-order valence-corrected chi connectivity index (χ3v) is 5.21. The molecule has 0 aliphatic rings. The standard InChI is InChI=1S/C20H23N7O5/c1-12-18(26(29)30)14(3)24(22-12)10-9-21-20(28)17-7-5-16(6-8-17)11-25-15(4)19(27(31)32)13(2)23-25/h5-8H,9-11H2,1-4H3,(H,21,28). The van der Waals surface area contributed by atoms with Gasteiger partial charge in [0.2, 0.25) is 0 Å². The summed E-state index contributed by atoms with van der Waals surface area (Å²) in [4.78, 5) is 33.7. The second-order valence-electron chi connectivity index (χ2n) is 7.39. The second-order valence-corrected chi connectivity index (χ2v) is 7.39. The fourth-order valence-corrected chi connectivity index (χ4v) is 3.59. The Kier molecular flexibility index (Phi) is 6.32. The zero-order valence-electron chi connectivity index (χ0n) is 18.2. The second kappa shape index (κ2) is 8.96. The maximum atomic E-state index is 12.4. The molecular weight excluding hydrogens is 418 g/mol. The molecule has 0 radical (unpaired) electrons. The summed E-state index contributed by atoms with van der Waals surface area (Å²) >= 11 is 0. The van der Waals surface area contributed by atoms with Gasteiger partial charge < -0.3 is 5.32 Å². The summed E-state index contributed by atoms with van der Waals surface area (Å²) in [6.45, 7) is 7.36. The van der Waals surface area contributed by atoms with E-state index in [1.807, 2.05) is 0 Å². The number of aryl methyl sites for hydroxylation is 2. The number of benzene rings is 1. The van der Waals surface area contributed by atoms with Gasteiger partial charge in [-0.3, -0.25) is 34.4 Å². The summed E-state index contributed by atoms with van der Waals surface area (Å²) in [7, 11) is 0. The molecular formula is C20H23N7O5. The molecule has 0 spiro atoms. The van der Waals surface area contributed by atoms with E-state index in [2.05, 4.69) is 15.5 Å². The van der Waals surface area contributed by atoms with Crippen LogP contribution in [0.25, 0.3) is 0 Å². The predicted molar refractivity (Wildman–Crippen MR) is 115 cm³/mol. The van der Waals surface area contributed by atoms with Crippen molar-refractivity contribution in [2.45, 2.75) is 40.8 Å². The topological polar surface area (TPSA) is 151 Å². The molecule has 0 atom stereocenters. The van der Waals surface area contributed by atoms with Crippen LogP contribution in [0, 0.1) is 47.9 Å². The Labute approximate surface area is 183 Å². The smallest absolute Gasteiger partial charge is 0.312 e. The highest BCUT2D eigenvalue weighted by Gasteiger charge is 2.22. The Balaban J connectivity index is 1.60. The number of nitrogens with zero attached hydrogens (tertiary/aromatic N) is 6. The van der Waals surface area contributed by atoms with Crippen molar-refractivity contribution in [1.82, 2.24) is 24.9 Å². The summed E-state index contributed by atoms with van der Waals surface area (Å²) < 4.78 is 3.07. The Morgan fingerprint density at radius 2 is 1.41 bits per heavy atom. The van der Waals surface area contributed by atoms with Gasteiger partial charge in [0, 0.05) is 12.1 Å². The predicted octanol–water partition coefficient (Wildman–Crippen LogP) is 2.61. The average molecular weight is 441 g/mol. The highest BCUT2D eigenvalue weighted by Crippen LogP contribution is 2.23. The van der Waals surface area contributed by atoms with Gasteiger partial charge >= 0.3 is 11.4 Å². The molecule has 0 saturated carbocycles. The molecule has 1 aromatic carbocycles. The number of amides is 1. The molecule has 0 fully saturated rings. The quantitative estimate of drug-likeness (QED) is 0.417. The van der Waals surface area contributed by atoms with Crippen LogP contribution in [0.15, 0.2) is 24.3 Å². The molecule has 12 heteroatoms.